The topological polar surface area (TPSA) is 82.9 Å². The van der Waals surface area contributed by atoms with Crippen molar-refractivity contribution in [3.8, 4) is 28.4 Å². The summed E-state index contributed by atoms with van der Waals surface area (Å²) < 4.78 is 11.5. The zero-order valence-electron chi connectivity index (χ0n) is 15.2. The van der Waals surface area contributed by atoms with Crippen LogP contribution in [0, 0.1) is 0 Å². The van der Waals surface area contributed by atoms with Gasteiger partial charge in [0.2, 0.25) is 0 Å². The summed E-state index contributed by atoms with van der Waals surface area (Å²) in [5.74, 6) is 7.14. The second-order valence-corrected chi connectivity index (χ2v) is 6.83. The second kappa shape index (κ2) is 8.87. The normalized spacial score (nSPS) is 11.3. The fraction of sp³-hybridized carbons (Fsp3) is 0.0952. The Kier molecular flexibility index (Phi) is 6.29. The Morgan fingerprint density at radius 2 is 1.68 bits per heavy atom. The average molecular weight is 416 g/mol. The van der Waals surface area contributed by atoms with Crippen molar-refractivity contribution in [2.75, 3.05) is 7.11 Å². The summed E-state index contributed by atoms with van der Waals surface area (Å²) in [5, 5.41) is 4.18. The Morgan fingerprint density at radius 1 is 1.00 bits per heavy atom. The van der Waals surface area contributed by atoms with E-state index in [0.29, 0.717) is 28.0 Å². The van der Waals surface area contributed by atoms with Gasteiger partial charge in [0.05, 0.1) is 17.2 Å². The van der Waals surface area contributed by atoms with E-state index in [0.717, 1.165) is 22.4 Å². The van der Waals surface area contributed by atoms with Crippen LogP contribution in [0.1, 0.15) is 5.56 Å². The molecule has 0 atom stereocenters. The molecule has 0 saturated heterocycles. The molecule has 144 valence electrons. The molecule has 0 radical (unpaired) electrons. The lowest BCUT2D eigenvalue weighted by atomic mass is 10.0. The zero-order chi connectivity index (χ0) is 20.1. The highest BCUT2D eigenvalue weighted by Crippen LogP contribution is 2.40. The van der Waals surface area contributed by atoms with E-state index in [1.165, 1.54) is 0 Å². The van der Waals surface area contributed by atoms with Crippen molar-refractivity contribution in [1.29, 1.82) is 0 Å². The molecule has 0 fully saturated rings. The van der Waals surface area contributed by atoms with Gasteiger partial charge in [-0.2, -0.15) is 5.10 Å². The molecule has 0 bridgehead atoms. The summed E-state index contributed by atoms with van der Waals surface area (Å²) in [5.41, 5.74) is 8.36. The summed E-state index contributed by atoms with van der Waals surface area (Å²) in [4.78, 5) is 0. The molecule has 0 aromatic heterocycles. The quantitative estimate of drug-likeness (QED) is 0.249. The maximum Gasteiger partial charge on any atom is 0.164 e. The SMILES string of the molecule is COc1ccc(Oc2c(Cl)cc(C/C(N)=N/N)cc2Cl)cc1-c1ccccc1. The lowest BCUT2D eigenvalue weighted by molar-refractivity contribution is 0.414. The lowest BCUT2D eigenvalue weighted by Crippen LogP contribution is -2.16. The predicted molar refractivity (Wildman–Crippen MR) is 114 cm³/mol. The number of hydrazone groups is 1. The van der Waals surface area contributed by atoms with Crippen LogP contribution in [-0.2, 0) is 6.42 Å². The van der Waals surface area contributed by atoms with Gasteiger partial charge < -0.3 is 21.1 Å². The summed E-state index contributed by atoms with van der Waals surface area (Å²) >= 11 is 12.8. The van der Waals surface area contributed by atoms with Gasteiger partial charge in [0.15, 0.2) is 5.75 Å². The molecule has 0 aliphatic heterocycles. The molecule has 3 aromatic rings. The van der Waals surface area contributed by atoms with Gasteiger partial charge in [0.1, 0.15) is 17.3 Å². The summed E-state index contributed by atoms with van der Waals surface area (Å²) in [6.07, 6.45) is 0.344. The Bertz CT molecular complexity index is 985. The van der Waals surface area contributed by atoms with E-state index in [9.17, 15) is 0 Å². The minimum atomic E-state index is 0.281. The largest absolute Gasteiger partial charge is 0.496 e. The van der Waals surface area contributed by atoms with E-state index in [4.69, 9.17) is 44.3 Å². The van der Waals surface area contributed by atoms with Crippen LogP contribution in [0.5, 0.6) is 17.2 Å². The number of hydrogen-bond donors (Lipinski definition) is 2. The predicted octanol–water partition coefficient (Wildman–Crippen LogP) is 5.23. The van der Waals surface area contributed by atoms with E-state index in [-0.39, 0.29) is 5.84 Å². The highest BCUT2D eigenvalue weighted by atomic mass is 35.5. The van der Waals surface area contributed by atoms with Crippen molar-refractivity contribution in [2.24, 2.45) is 16.7 Å². The van der Waals surface area contributed by atoms with Gasteiger partial charge in [0, 0.05) is 12.0 Å². The third-order valence-electron chi connectivity index (χ3n) is 4.08. The second-order valence-electron chi connectivity index (χ2n) is 6.02. The highest BCUT2D eigenvalue weighted by Gasteiger charge is 2.14. The van der Waals surface area contributed by atoms with Crippen LogP contribution in [0.3, 0.4) is 0 Å². The first kappa shape index (κ1) is 19.9. The molecular weight excluding hydrogens is 397 g/mol. The van der Waals surface area contributed by atoms with Crippen molar-refractivity contribution >= 4 is 29.0 Å². The van der Waals surface area contributed by atoms with E-state index in [2.05, 4.69) is 5.10 Å². The van der Waals surface area contributed by atoms with Crippen LogP contribution in [0.15, 0.2) is 65.8 Å². The number of ether oxygens (including phenoxy) is 2. The summed E-state index contributed by atoms with van der Waals surface area (Å²) in [6, 6.07) is 18.9. The summed E-state index contributed by atoms with van der Waals surface area (Å²) in [6.45, 7) is 0. The summed E-state index contributed by atoms with van der Waals surface area (Å²) in [7, 11) is 1.63. The van der Waals surface area contributed by atoms with Crippen molar-refractivity contribution < 1.29 is 9.47 Å². The van der Waals surface area contributed by atoms with E-state index in [1.807, 2.05) is 42.5 Å². The molecule has 0 saturated carbocycles. The number of nitrogens with two attached hydrogens (primary N) is 2. The van der Waals surface area contributed by atoms with Crippen molar-refractivity contribution in [2.45, 2.75) is 6.42 Å². The molecule has 0 unspecified atom stereocenters. The average Bonchev–Trinajstić information content (AvgIpc) is 2.71. The molecule has 0 aliphatic carbocycles. The Morgan fingerprint density at radius 3 is 2.29 bits per heavy atom. The molecule has 0 heterocycles. The molecule has 3 rings (SSSR count). The zero-order valence-corrected chi connectivity index (χ0v) is 16.7. The Hall–Kier alpha value is -2.89. The third kappa shape index (κ3) is 4.50. The molecule has 4 N–H and O–H groups in total. The molecule has 0 spiro atoms. The number of benzene rings is 3. The van der Waals surface area contributed by atoms with Crippen LogP contribution >= 0.6 is 23.2 Å². The number of halogens is 2. The molecule has 0 aliphatic rings. The number of hydrogen-bond acceptors (Lipinski definition) is 4. The first-order valence-electron chi connectivity index (χ1n) is 8.43. The van der Waals surface area contributed by atoms with Crippen LogP contribution in [-0.4, -0.2) is 12.9 Å². The van der Waals surface area contributed by atoms with Crippen molar-refractivity contribution in [1.82, 2.24) is 0 Å². The smallest absolute Gasteiger partial charge is 0.164 e. The maximum absolute atomic E-state index is 6.38. The van der Waals surface area contributed by atoms with Gasteiger partial charge in [-0.1, -0.05) is 53.5 Å². The van der Waals surface area contributed by atoms with E-state index < -0.39 is 0 Å². The molecule has 3 aromatic carbocycles. The van der Waals surface area contributed by atoms with Crippen LogP contribution < -0.4 is 21.1 Å². The van der Waals surface area contributed by atoms with Gasteiger partial charge in [-0.3, -0.25) is 0 Å². The van der Waals surface area contributed by atoms with E-state index >= 15 is 0 Å². The van der Waals surface area contributed by atoms with Gasteiger partial charge in [-0.05, 0) is 41.5 Å². The maximum atomic E-state index is 6.38. The van der Waals surface area contributed by atoms with Crippen molar-refractivity contribution in [3.05, 3.63) is 76.3 Å². The standard InChI is InChI=1S/C21H19Cl2N3O2/c1-27-19-8-7-15(12-16(19)14-5-3-2-4-6-14)28-21-17(22)9-13(10-18(21)23)11-20(24)26-25/h2-10,12H,11,25H2,1H3,(H2,24,26). The first-order chi connectivity index (χ1) is 13.5. The van der Waals surface area contributed by atoms with Crippen LogP contribution in [0.25, 0.3) is 11.1 Å². The first-order valence-corrected chi connectivity index (χ1v) is 9.19. The van der Waals surface area contributed by atoms with Crippen molar-refractivity contribution in [3.63, 3.8) is 0 Å². The lowest BCUT2D eigenvalue weighted by Gasteiger charge is -2.14. The minimum Gasteiger partial charge on any atom is -0.496 e. The van der Waals surface area contributed by atoms with Gasteiger partial charge in [-0.15, -0.1) is 0 Å². The van der Waals surface area contributed by atoms with Gasteiger partial charge in [-0.25, -0.2) is 0 Å². The highest BCUT2D eigenvalue weighted by molar-refractivity contribution is 6.37. The molecule has 28 heavy (non-hydrogen) atoms. The molecule has 0 amide bonds. The molecular formula is C21H19Cl2N3O2. The van der Waals surface area contributed by atoms with E-state index in [1.54, 1.807) is 25.3 Å². The number of rotatable bonds is 6. The number of nitrogens with zero attached hydrogens (tertiary/aromatic N) is 1. The Labute approximate surface area is 173 Å². The number of methoxy groups -OCH3 is 1. The molecule has 7 heteroatoms. The third-order valence-corrected chi connectivity index (χ3v) is 4.65. The van der Waals surface area contributed by atoms with Crippen LogP contribution in [0.2, 0.25) is 10.0 Å². The van der Waals surface area contributed by atoms with Gasteiger partial charge in [0.25, 0.3) is 0 Å². The number of amidine groups is 1. The fourth-order valence-electron chi connectivity index (χ4n) is 2.78. The fourth-order valence-corrected chi connectivity index (χ4v) is 3.39. The monoisotopic (exact) mass is 415 g/mol. The minimum absolute atomic E-state index is 0.281. The Balaban J connectivity index is 1.94. The van der Waals surface area contributed by atoms with Crippen LogP contribution in [0.4, 0.5) is 0 Å². The molecule has 5 nitrogen and oxygen atoms in total. The van der Waals surface area contributed by atoms with Gasteiger partial charge >= 0.3 is 0 Å².